The van der Waals surface area contributed by atoms with Crippen LogP contribution in [-0.4, -0.2) is 24.7 Å². The first kappa shape index (κ1) is 14.4. The average Bonchev–Trinajstić information content (AvgIpc) is 2.24. The Hall–Kier alpha value is -0.570. The molecule has 15 heavy (non-hydrogen) atoms. The molecule has 0 aromatic rings. The van der Waals surface area contributed by atoms with Crippen LogP contribution in [0.4, 0.5) is 0 Å². The first-order valence-corrected chi connectivity index (χ1v) is 6.09. The van der Waals surface area contributed by atoms with Gasteiger partial charge in [-0.2, -0.15) is 0 Å². The molecule has 0 aliphatic carbocycles. The standard InChI is InChI=1S/C12H25NO2/c1-5-9-10-12(6-2,13-7-3)11(14)15-8-4/h13H,5-10H2,1-4H3. The predicted molar refractivity (Wildman–Crippen MR) is 62.9 cm³/mol. The van der Waals surface area contributed by atoms with Gasteiger partial charge in [-0.1, -0.05) is 33.6 Å². The van der Waals surface area contributed by atoms with Gasteiger partial charge < -0.3 is 10.1 Å². The molecule has 1 unspecified atom stereocenters. The first-order valence-electron chi connectivity index (χ1n) is 6.09. The van der Waals surface area contributed by atoms with Crippen molar-refractivity contribution in [2.75, 3.05) is 13.2 Å². The highest BCUT2D eigenvalue weighted by atomic mass is 16.5. The van der Waals surface area contributed by atoms with Crippen LogP contribution in [0.5, 0.6) is 0 Å². The summed E-state index contributed by atoms with van der Waals surface area (Å²) >= 11 is 0. The van der Waals surface area contributed by atoms with Crippen molar-refractivity contribution in [1.82, 2.24) is 5.32 Å². The number of carbonyl (C=O) groups excluding carboxylic acids is 1. The van der Waals surface area contributed by atoms with Crippen molar-refractivity contribution in [2.24, 2.45) is 0 Å². The summed E-state index contributed by atoms with van der Waals surface area (Å²) in [5.74, 6) is -0.0946. The Balaban J connectivity index is 4.54. The van der Waals surface area contributed by atoms with Crippen LogP contribution in [0.15, 0.2) is 0 Å². The molecule has 0 saturated carbocycles. The molecule has 3 heteroatoms. The number of ether oxygens (including phenoxy) is 1. The monoisotopic (exact) mass is 215 g/mol. The fourth-order valence-corrected chi connectivity index (χ4v) is 1.79. The van der Waals surface area contributed by atoms with Crippen molar-refractivity contribution in [2.45, 2.75) is 58.9 Å². The molecule has 0 aromatic heterocycles. The number of carbonyl (C=O) groups is 1. The van der Waals surface area contributed by atoms with Crippen molar-refractivity contribution in [3.63, 3.8) is 0 Å². The van der Waals surface area contributed by atoms with Gasteiger partial charge in [0.2, 0.25) is 0 Å². The van der Waals surface area contributed by atoms with Gasteiger partial charge in [-0.05, 0) is 26.3 Å². The van der Waals surface area contributed by atoms with Gasteiger partial charge in [0.25, 0.3) is 0 Å². The summed E-state index contributed by atoms with van der Waals surface area (Å²) < 4.78 is 5.15. The maximum Gasteiger partial charge on any atom is 0.326 e. The summed E-state index contributed by atoms with van der Waals surface area (Å²) in [6, 6.07) is 0. The zero-order chi connectivity index (χ0) is 11.7. The molecule has 0 rings (SSSR count). The van der Waals surface area contributed by atoms with Gasteiger partial charge in [-0.3, -0.25) is 4.79 Å². The van der Waals surface area contributed by atoms with E-state index in [2.05, 4.69) is 12.2 Å². The van der Waals surface area contributed by atoms with E-state index in [1.165, 1.54) is 0 Å². The Bertz CT molecular complexity index is 182. The number of esters is 1. The third-order valence-corrected chi connectivity index (χ3v) is 2.74. The van der Waals surface area contributed by atoms with Crippen LogP contribution in [0.1, 0.15) is 53.4 Å². The zero-order valence-corrected chi connectivity index (χ0v) is 10.6. The summed E-state index contributed by atoms with van der Waals surface area (Å²) in [6.45, 7) is 9.31. The first-order chi connectivity index (χ1) is 7.16. The molecule has 0 amide bonds. The second-order valence-electron chi connectivity index (χ2n) is 3.79. The van der Waals surface area contributed by atoms with Crippen LogP contribution in [0, 0.1) is 0 Å². The van der Waals surface area contributed by atoms with E-state index < -0.39 is 5.54 Å². The number of nitrogens with one attached hydrogen (secondary N) is 1. The summed E-state index contributed by atoms with van der Waals surface area (Å²) in [5, 5.41) is 3.29. The van der Waals surface area contributed by atoms with Crippen molar-refractivity contribution in [1.29, 1.82) is 0 Å². The lowest BCUT2D eigenvalue weighted by molar-refractivity contribution is -0.151. The number of unbranched alkanes of at least 4 members (excludes halogenated alkanes) is 1. The zero-order valence-electron chi connectivity index (χ0n) is 10.6. The van der Waals surface area contributed by atoms with E-state index in [0.29, 0.717) is 6.61 Å². The largest absolute Gasteiger partial charge is 0.465 e. The minimum absolute atomic E-state index is 0.0946. The molecule has 0 aliphatic heterocycles. The van der Waals surface area contributed by atoms with Crippen LogP contribution in [0.3, 0.4) is 0 Å². The maximum absolute atomic E-state index is 11.9. The van der Waals surface area contributed by atoms with Crippen molar-refractivity contribution < 1.29 is 9.53 Å². The molecule has 0 spiro atoms. The number of hydrogen-bond donors (Lipinski definition) is 1. The van der Waals surface area contributed by atoms with E-state index in [1.807, 2.05) is 20.8 Å². The molecule has 1 atom stereocenters. The summed E-state index contributed by atoms with van der Waals surface area (Å²) in [4.78, 5) is 11.9. The van der Waals surface area contributed by atoms with Crippen molar-refractivity contribution in [3.8, 4) is 0 Å². The summed E-state index contributed by atoms with van der Waals surface area (Å²) in [5.41, 5.74) is -0.458. The highest BCUT2D eigenvalue weighted by Crippen LogP contribution is 2.20. The molecular formula is C12H25NO2. The van der Waals surface area contributed by atoms with Gasteiger partial charge in [0.05, 0.1) is 6.61 Å². The normalized spacial score (nSPS) is 14.7. The van der Waals surface area contributed by atoms with E-state index in [4.69, 9.17) is 4.74 Å². The lowest BCUT2D eigenvalue weighted by Gasteiger charge is -2.31. The van der Waals surface area contributed by atoms with Crippen molar-refractivity contribution in [3.05, 3.63) is 0 Å². The molecule has 0 aromatic carbocycles. The second kappa shape index (κ2) is 7.69. The van der Waals surface area contributed by atoms with Crippen molar-refractivity contribution >= 4 is 5.97 Å². The summed E-state index contributed by atoms with van der Waals surface area (Å²) in [7, 11) is 0. The van der Waals surface area contributed by atoms with Gasteiger partial charge in [0, 0.05) is 0 Å². The molecule has 0 bridgehead atoms. The molecule has 0 radical (unpaired) electrons. The average molecular weight is 215 g/mol. The van der Waals surface area contributed by atoms with Gasteiger partial charge in [-0.25, -0.2) is 0 Å². The Labute approximate surface area is 93.6 Å². The summed E-state index contributed by atoms with van der Waals surface area (Å²) in [6.07, 6.45) is 3.82. The number of likely N-dealkylation sites (N-methyl/N-ethyl adjacent to an activating group) is 1. The quantitative estimate of drug-likeness (QED) is 0.632. The van der Waals surface area contributed by atoms with E-state index in [0.717, 1.165) is 32.2 Å². The Morgan fingerprint density at radius 1 is 1.27 bits per heavy atom. The third-order valence-electron chi connectivity index (χ3n) is 2.74. The Morgan fingerprint density at radius 2 is 1.93 bits per heavy atom. The molecule has 0 aliphatic rings. The molecule has 0 fully saturated rings. The Kier molecular flexibility index (Phi) is 7.39. The molecular weight excluding hydrogens is 190 g/mol. The molecule has 0 saturated heterocycles. The number of hydrogen-bond acceptors (Lipinski definition) is 3. The second-order valence-corrected chi connectivity index (χ2v) is 3.79. The fourth-order valence-electron chi connectivity index (χ4n) is 1.79. The lowest BCUT2D eigenvalue weighted by Crippen LogP contribution is -2.52. The van der Waals surface area contributed by atoms with Crippen LogP contribution < -0.4 is 5.32 Å². The van der Waals surface area contributed by atoms with E-state index >= 15 is 0 Å². The topological polar surface area (TPSA) is 38.3 Å². The lowest BCUT2D eigenvalue weighted by atomic mass is 9.89. The predicted octanol–water partition coefficient (Wildman–Crippen LogP) is 2.50. The Morgan fingerprint density at radius 3 is 2.33 bits per heavy atom. The van der Waals surface area contributed by atoms with Crippen LogP contribution in [0.25, 0.3) is 0 Å². The smallest absolute Gasteiger partial charge is 0.326 e. The molecule has 3 nitrogen and oxygen atoms in total. The van der Waals surface area contributed by atoms with E-state index in [-0.39, 0.29) is 5.97 Å². The van der Waals surface area contributed by atoms with Gasteiger partial charge in [0.1, 0.15) is 5.54 Å². The molecule has 90 valence electrons. The van der Waals surface area contributed by atoms with Gasteiger partial charge >= 0.3 is 5.97 Å². The van der Waals surface area contributed by atoms with Crippen LogP contribution in [-0.2, 0) is 9.53 Å². The van der Waals surface area contributed by atoms with E-state index in [9.17, 15) is 4.79 Å². The minimum Gasteiger partial charge on any atom is -0.465 e. The van der Waals surface area contributed by atoms with Crippen LogP contribution >= 0.6 is 0 Å². The highest BCUT2D eigenvalue weighted by molar-refractivity contribution is 5.80. The maximum atomic E-state index is 11.9. The van der Waals surface area contributed by atoms with Gasteiger partial charge in [0.15, 0.2) is 0 Å². The third kappa shape index (κ3) is 4.20. The van der Waals surface area contributed by atoms with E-state index in [1.54, 1.807) is 0 Å². The molecule has 0 heterocycles. The molecule has 1 N–H and O–H groups in total. The fraction of sp³-hybridized carbons (Fsp3) is 0.917. The highest BCUT2D eigenvalue weighted by Gasteiger charge is 2.36. The minimum atomic E-state index is -0.458. The van der Waals surface area contributed by atoms with Gasteiger partial charge in [-0.15, -0.1) is 0 Å². The van der Waals surface area contributed by atoms with Crippen LogP contribution in [0.2, 0.25) is 0 Å². The SMILES string of the molecule is CCCCC(CC)(NCC)C(=O)OCC. The number of rotatable bonds is 8.